The Kier molecular flexibility index (Phi) is 5.60. The molecule has 1 heterocycles. The number of benzene rings is 2. The van der Waals surface area contributed by atoms with E-state index in [2.05, 4.69) is 38.6 Å². The van der Waals surface area contributed by atoms with Gasteiger partial charge < -0.3 is 10.8 Å². The van der Waals surface area contributed by atoms with Crippen LogP contribution in [0.4, 0.5) is 5.69 Å². The smallest absolute Gasteiger partial charge is 0.123 e. The van der Waals surface area contributed by atoms with E-state index in [-0.39, 0.29) is 11.8 Å². The molecule has 0 aromatic heterocycles. The zero-order valence-electron chi connectivity index (χ0n) is 15.9. The lowest BCUT2D eigenvalue weighted by Crippen LogP contribution is -2.09. The summed E-state index contributed by atoms with van der Waals surface area (Å²) in [6.07, 6.45) is 5.79. The molecule has 1 aliphatic heterocycles. The van der Waals surface area contributed by atoms with E-state index in [9.17, 15) is 5.11 Å². The van der Waals surface area contributed by atoms with Gasteiger partial charge in [0.1, 0.15) is 5.75 Å². The van der Waals surface area contributed by atoms with Crippen molar-refractivity contribution < 1.29 is 5.11 Å². The third kappa shape index (κ3) is 4.37. The fourth-order valence-electron chi connectivity index (χ4n) is 3.30. The number of hydrogen-bond acceptors (Lipinski definition) is 3. The van der Waals surface area contributed by atoms with Crippen molar-refractivity contribution in [2.75, 3.05) is 5.73 Å². The van der Waals surface area contributed by atoms with Crippen molar-refractivity contribution in [1.29, 1.82) is 0 Å². The molecule has 0 saturated carbocycles. The minimum atomic E-state index is 0.0430. The van der Waals surface area contributed by atoms with Gasteiger partial charge >= 0.3 is 0 Å². The maximum Gasteiger partial charge on any atom is 0.123 e. The molecule has 3 nitrogen and oxygen atoms in total. The van der Waals surface area contributed by atoms with Gasteiger partial charge in [-0.05, 0) is 72.7 Å². The van der Waals surface area contributed by atoms with Crippen molar-refractivity contribution in [3.8, 4) is 5.75 Å². The minimum absolute atomic E-state index is 0.0430. The van der Waals surface area contributed by atoms with Crippen LogP contribution in [0.2, 0.25) is 0 Å². The number of anilines is 1. The van der Waals surface area contributed by atoms with Crippen molar-refractivity contribution in [1.82, 2.24) is 0 Å². The molecule has 1 atom stereocenters. The summed E-state index contributed by atoms with van der Waals surface area (Å²) in [5.41, 5.74) is 13.0. The summed E-state index contributed by atoms with van der Waals surface area (Å²) in [6, 6.07) is 15.3. The Bertz CT molecular complexity index is 933. The average molecular weight is 358 g/mol. The molecule has 3 rings (SSSR count). The van der Waals surface area contributed by atoms with Crippen LogP contribution in [0, 0.1) is 0 Å². The Balaban J connectivity index is 1.88. The van der Waals surface area contributed by atoms with Gasteiger partial charge in [0.15, 0.2) is 0 Å². The highest BCUT2D eigenvalue weighted by atomic mass is 16.3. The van der Waals surface area contributed by atoms with Crippen LogP contribution in [0.25, 0.3) is 5.57 Å². The fourth-order valence-corrected chi connectivity index (χ4v) is 3.30. The first-order chi connectivity index (χ1) is 13.0. The number of rotatable bonds is 6. The molecule has 0 radical (unpaired) electrons. The van der Waals surface area contributed by atoms with Crippen LogP contribution >= 0.6 is 0 Å². The second-order valence-electron chi connectivity index (χ2n) is 7.05. The van der Waals surface area contributed by atoms with Crippen molar-refractivity contribution in [2.45, 2.75) is 32.7 Å². The van der Waals surface area contributed by atoms with Gasteiger partial charge in [-0.2, -0.15) is 0 Å². The van der Waals surface area contributed by atoms with Crippen LogP contribution in [0.15, 0.2) is 82.9 Å². The molecule has 0 aliphatic carbocycles. The molecule has 138 valence electrons. The van der Waals surface area contributed by atoms with E-state index in [0.717, 1.165) is 29.7 Å². The maximum absolute atomic E-state index is 10.1. The molecular weight excluding hydrogens is 332 g/mol. The van der Waals surface area contributed by atoms with E-state index < -0.39 is 0 Å². The van der Waals surface area contributed by atoms with Gasteiger partial charge in [-0.1, -0.05) is 43.0 Å². The molecule has 0 bridgehead atoms. The number of aryl methyl sites for hydroxylation is 1. The number of nitrogen functional groups attached to an aromatic ring is 1. The summed E-state index contributed by atoms with van der Waals surface area (Å²) >= 11 is 0. The van der Waals surface area contributed by atoms with Gasteiger partial charge in [-0.15, -0.1) is 0 Å². The van der Waals surface area contributed by atoms with Crippen LogP contribution in [0.3, 0.4) is 0 Å². The molecule has 2 aromatic carbocycles. The minimum Gasteiger partial charge on any atom is -0.507 e. The first-order valence-corrected chi connectivity index (χ1v) is 9.18. The van der Waals surface area contributed by atoms with Crippen LogP contribution in [0.5, 0.6) is 5.75 Å². The van der Waals surface area contributed by atoms with Crippen molar-refractivity contribution >= 4 is 17.5 Å². The van der Waals surface area contributed by atoms with Gasteiger partial charge in [0.2, 0.25) is 0 Å². The lowest BCUT2D eigenvalue weighted by molar-refractivity contribution is 0.474. The molecule has 1 aliphatic rings. The van der Waals surface area contributed by atoms with Crippen LogP contribution in [0.1, 0.15) is 31.4 Å². The molecule has 0 fully saturated rings. The van der Waals surface area contributed by atoms with Gasteiger partial charge in [0.25, 0.3) is 0 Å². The van der Waals surface area contributed by atoms with Crippen molar-refractivity contribution in [2.24, 2.45) is 4.99 Å². The predicted molar refractivity (Wildman–Crippen MR) is 115 cm³/mol. The zero-order valence-corrected chi connectivity index (χ0v) is 15.9. The number of nitrogens with two attached hydrogens (primary N) is 1. The van der Waals surface area contributed by atoms with E-state index in [4.69, 9.17) is 10.7 Å². The number of aliphatic imine (C=N–C) groups is 1. The highest BCUT2D eigenvalue weighted by Gasteiger charge is 2.21. The van der Waals surface area contributed by atoms with E-state index in [1.807, 2.05) is 36.5 Å². The Morgan fingerprint density at radius 2 is 1.85 bits per heavy atom. The number of allylic oxidation sites excluding steroid dienone is 3. The zero-order chi connectivity index (χ0) is 19.4. The molecule has 3 N–H and O–H groups in total. The molecule has 1 unspecified atom stereocenters. The predicted octanol–water partition coefficient (Wildman–Crippen LogP) is 5.34. The first-order valence-electron chi connectivity index (χ1n) is 9.18. The highest BCUT2D eigenvalue weighted by Crippen LogP contribution is 2.31. The van der Waals surface area contributed by atoms with Gasteiger partial charge in [-0.25, -0.2) is 0 Å². The summed E-state index contributed by atoms with van der Waals surface area (Å²) in [7, 11) is 0. The lowest BCUT2D eigenvalue weighted by Gasteiger charge is -2.17. The third-order valence-electron chi connectivity index (χ3n) is 5.09. The number of nitrogens with zero attached hydrogens (tertiary/aromatic N) is 1. The number of phenols is 1. The topological polar surface area (TPSA) is 58.6 Å². The molecule has 0 spiro atoms. The first kappa shape index (κ1) is 18.7. The largest absolute Gasteiger partial charge is 0.507 e. The quantitative estimate of drug-likeness (QED) is 0.541. The second-order valence-corrected chi connectivity index (χ2v) is 7.05. The molecule has 3 heteroatoms. The lowest BCUT2D eigenvalue weighted by atomic mass is 9.91. The van der Waals surface area contributed by atoms with Gasteiger partial charge in [-0.3, -0.25) is 4.99 Å². The van der Waals surface area contributed by atoms with Crippen LogP contribution < -0.4 is 5.73 Å². The summed E-state index contributed by atoms with van der Waals surface area (Å²) < 4.78 is 0. The number of para-hydroxylation sites is 1. The van der Waals surface area contributed by atoms with E-state index in [1.54, 1.807) is 6.07 Å². The molecule has 2 aromatic rings. The van der Waals surface area contributed by atoms with Gasteiger partial charge in [0.05, 0.1) is 6.04 Å². The molecular formula is C24H26N2O. The Hall–Kier alpha value is -3.07. The average Bonchev–Trinajstić information content (AvgIpc) is 2.99. The second kappa shape index (κ2) is 8.09. The van der Waals surface area contributed by atoms with Crippen LogP contribution in [-0.4, -0.2) is 17.4 Å². The monoisotopic (exact) mass is 358 g/mol. The van der Waals surface area contributed by atoms with Crippen molar-refractivity contribution in [3.63, 3.8) is 0 Å². The van der Waals surface area contributed by atoms with Gasteiger partial charge in [0, 0.05) is 17.5 Å². The molecule has 0 saturated heterocycles. The normalized spacial score (nSPS) is 16.8. The standard InChI is InChI=1S/C24H26N2O/c1-16(22-6-4-5-7-23(22)27)14-20(24-18(3)17(2)15-26-24)11-8-19-9-12-21(25)13-10-19/h4-7,9-10,12-15,24,27H,1,8,11,25H2,2-3H3/b20-14-. The molecule has 0 amide bonds. The Labute approximate surface area is 161 Å². The fraction of sp³-hybridized carbons (Fsp3) is 0.208. The van der Waals surface area contributed by atoms with Crippen molar-refractivity contribution in [3.05, 3.63) is 89.0 Å². The van der Waals surface area contributed by atoms with E-state index in [0.29, 0.717) is 0 Å². The Morgan fingerprint density at radius 3 is 2.48 bits per heavy atom. The van der Waals surface area contributed by atoms with E-state index >= 15 is 0 Å². The number of phenolic OH excluding ortho intramolecular Hbond substituents is 1. The summed E-state index contributed by atoms with van der Waals surface area (Å²) in [5.74, 6) is 0.245. The van der Waals surface area contributed by atoms with Crippen LogP contribution in [-0.2, 0) is 6.42 Å². The highest BCUT2D eigenvalue weighted by molar-refractivity contribution is 5.84. The third-order valence-corrected chi connectivity index (χ3v) is 5.09. The summed E-state index contributed by atoms with van der Waals surface area (Å²) in [4.78, 5) is 4.70. The maximum atomic E-state index is 10.1. The summed E-state index contributed by atoms with van der Waals surface area (Å²) in [6.45, 7) is 8.41. The van der Waals surface area contributed by atoms with E-state index in [1.165, 1.54) is 22.3 Å². The number of hydrogen-bond donors (Lipinski definition) is 2. The Morgan fingerprint density at radius 1 is 1.15 bits per heavy atom. The molecule has 27 heavy (non-hydrogen) atoms. The SMILES string of the molecule is C=C(/C=C(/CCc1ccc(N)cc1)C1N=CC(C)=C1C)c1ccccc1O. The summed E-state index contributed by atoms with van der Waals surface area (Å²) in [5, 5.41) is 10.1. The number of aromatic hydroxyl groups is 1.